The normalized spacial score (nSPS) is 14.1. The van der Waals surface area contributed by atoms with Crippen LogP contribution in [0, 0.1) is 0 Å². The van der Waals surface area contributed by atoms with Crippen LogP contribution in [0.4, 0.5) is 5.13 Å². The van der Waals surface area contributed by atoms with Crippen molar-refractivity contribution >= 4 is 54.9 Å². The van der Waals surface area contributed by atoms with Gasteiger partial charge in [-0.2, -0.15) is 0 Å². The quantitative estimate of drug-likeness (QED) is 0.443. The average molecular weight is 441 g/mol. The number of thiazole rings is 2. The van der Waals surface area contributed by atoms with Gasteiger partial charge in [0.05, 0.1) is 28.0 Å². The summed E-state index contributed by atoms with van der Waals surface area (Å²) in [6.45, 7) is 0.581. The number of para-hydroxylation sites is 1. The van der Waals surface area contributed by atoms with E-state index < -0.39 is 5.97 Å². The zero-order chi connectivity index (χ0) is 20.7. The van der Waals surface area contributed by atoms with Gasteiger partial charge in [0.25, 0.3) is 5.56 Å². The molecule has 10 heteroatoms. The summed E-state index contributed by atoms with van der Waals surface area (Å²) in [5, 5.41) is 2.38. The number of anilines is 1. The van der Waals surface area contributed by atoms with Crippen molar-refractivity contribution in [2.24, 2.45) is 0 Å². The third kappa shape index (κ3) is 3.48. The molecule has 3 aromatic heterocycles. The standard InChI is InChI=1S/C20H16N4O4S2/c25-16-6-3-7-23(16)19-22-13(11-29-19)9-18(27)28-10-12-8-17(26)24-14-4-1-2-5-15(14)30-20(24)21-12/h1-2,4-5,8,11H,3,6-7,9-10H2. The molecule has 0 atom stereocenters. The van der Waals surface area contributed by atoms with Crippen molar-refractivity contribution in [3.05, 3.63) is 57.5 Å². The van der Waals surface area contributed by atoms with Gasteiger partial charge in [0.1, 0.15) is 6.61 Å². The smallest absolute Gasteiger partial charge is 0.312 e. The molecule has 1 aliphatic rings. The zero-order valence-corrected chi connectivity index (χ0v) is 17.4. The Labute approximate surface area is 178 Å². The number of nitrogens with zero attached hydrogens (tertiary/aromatic N) is 4. The fourth-order valence-electron chi connectivity index (χ4n) is 3.40. The summed E-state index contributed by atoms with van der Waals surface area (Å²) in [4.78, 5) is 47.6. The van der Waals surface area contributed by atoms with E-state index in [2.05, 4.69) is 9.97 Å². The summed E-state index contributed by atoms with van der Waals surface area (Å²) < 4.78 is 7.83. The van der Waals surface area contributed by atoms with Gasteiger partial charge in [-0.3, -0.25) is 23.7 Å². The Balaban J connectivity index is 1.27. The maximum absolute atomic E-state index is 12.5. The lowest BCUT2D eigenvalue weighted by Crippen LogP contribution is -2.23. The second-order valence-electron chi connectivity index (χ2n) is 6.88. The molecule has 1 aliphatic heterocycles. The summed E-state index contributed by atoms with van der Waals surface area (Å²) in [6, 6.07) is 8.99. The second kappa shape index (κ2) is 7.62. The largest absolute Gasteiger partial charge is 0.459 e. The number of ether oxygens (including phenoxy) is 1. The molecule has 0 radical (unpaired) electrons. The average Bonchev–Trinajstić information content (AvgIpc) is 3.44. The van der Waals surface area contributed by atoms with Crippen molar-refractivity contribution in [1.82, 2.24) is 14.4 Å². The molecule has 0 N–H and O–H groups in total. The van der Waals surface area contributed by atoms with Crippen molar-refractivity contribution in [2.75, 3.05) is 11.4 Å². The third-order valence-corrected chi connectivity index (χ3v) is 6.73. The summed E-state index contributed by atoms with van der Waals surface area (Å²) in [6.07, 6.45) is 1.36. The highest BCUT2D eigenvalue weighted by Gasteiger charge is 2.24. The first kappa shape index (κ1) is 18.9. The van der Waals surface area contributed by atoms with E-state index in [0.717, 1.165) is 16.6 Å². The molecule has 1 aromatic carbocycles. The number of fused-ring (bicyclic) bond motifs is 3. The molecule has 0 saturated carbocycles. The van der Waals surface area contributed by atoms with Crippen molar-refractivity contribution in [3.8, 4) is 0 Å². The predicted octanol–water partition coefficient (Wildman–Crippen LogP) is 2.78. The van der Waals surface area contributed by atoms with Crippen LogP contribution in [0.1, 0.15) is 24.2 Å². The summed E-state index contributed by atoms with van der Waals surface area (Å²) in [5.74, 6) is -0.398. The molecule has 0 spiro atoms. The predicted molar refractivity (Wildman–Crippen MR) is 114 cm³/mol. The number of amides is 1. The third-order valence-electron chi connectivity index (χ3n) is 4.80. The SMILES string of the molecule is O=C(Cc1csc(N2CCCC2=O)n1)OCc1cc(=O)n2c(n1)sc1ccccc12. The fraction of sp³-hybridized carbons (Fsp3) is 0.250. The molecular weight excluding hydrogens is 424 g/mol. The topological polar surface area (TPSA) is 93.9 Å². The number of carbonyl (C=O) groups is 2. The summed E-state index contributed by atoms with van der Waals surface area (Å²) in [7, 11) is 0. The Bertz CT molecular complexity index is 1340. The van der Waals surface area contributed by atoms with Crippen LogP contribution in [0.15, 0.2) is 40.5 Å². The lowest BCUT2D eigenvalue weighted by atomic mass is 10.3. The molecule has 0 aliphatic carbocycles. The number of aromatic nitrogens is 3. The number of esters is 1. The van der Waals surface area contributed by atoms with Gasteiger partial charge in [0.15, 0.2) is 10.1 Å². The molecule has 0 bridgehead atoms. The minimum Gasteiger partial charge on any atom is -0.459 e. The molecular formula is C20H16N4O4S2. The number of carbonyl (C=O) groups excluding carboxylic acids is 2. The molecule has 8 nitrogen and oxygen atoms in total. The molecule has 5 rings (SSSR count). The van der Waals surface area contributed by atoms with Gasteiger partial charge in [-0.05, 0) is 18.6 Å². The fourth-order valence-corrected chi connectivity index (χ4v) is 5.32. The molecule has 0 unspecified atom stereocenters. The maximum atomic E-state index is 12.5. The second-order valence-corrected chi connectivity index (χ2v) is 8.73. The minimum atomic E-state index is -0.460. The Morgan fingerprint density at radius 1 is 1.17 bits per heavy atom. The van der Waals surface area contributed by atoms with Gasteiger partial charge in [0, 0.05) is 24.4 Å². The van der Waals surface area contributed by atoms with E-state index in [0.29, 0.717) is 34.4 Å². The Hall–Kier alpha value is -3.11. The van der Waals surface area contributed by atoms with Gasteiger partial charge in [-0.1, -0.05) is 23.5 Å². The van der Waals surface area contributed by atoms with Crippen LogP contribution < -0.4 is 10.5 Å². The van der Waals surface area contributed by atoms with Crippen LogP contribution in [0.25, 0.3) is 15.2 Å². The van der Waals surface area contributed by atoms with Crippen LogP contribution in [0.3, 0.4) is 0 Å². The van der Waals surface area contributed by atoms with Crippen LogP contribution >= 0.6 is 22.7 Å². The van der Waals surface area contributed by atoms with E-state index in [4.69, 9.17) is 4.74 Å². The van der Waals surface area contributed by atoms with Crippen molar-refractivity contribution in [2.45, 2.75) is 25.9 Å². The van der Waals surface area contributed by atoms with E-state index in [-0.39, 0.29) is 24.5 Å². The van der Waals surface area contributed by atoms with Gasteiger partial charge in [-0.25, -0.2) is 9.97 Å². The van der Waals surface area contributed by atoms with E-state index in [9.17, 15) is 14.4 Å². The minimum absolute atomic E-state index is 0.00262. The Morgan fingerprint density at radius 2 is 2.03 bits per heavy atom. The van der Waals surface area contributed by atoms with Gasteiger partial charge in [0.2, 0.25) is 5.91 Å². The monoisotopic (exact) mass is 440 g/mol. The molecule has 30 heavy (non-hydrogen) atoms. The first-order valence-electron chi connectivity index (χ1n) is 9.39. The molecule has 152 valence electrons. The van der Waals surface area contributed by atoms with Gasteiger partial charge in [-0.15, -0.1) is 11.3 Å². The number of rotatable bonds is 5. The number of hydrogen-bond acceptors (Lipinski definition) is 8. The highest BCUT2D eigenvalue weighted by Crippen LogP contribution is 2.26. The van der Waals surface area contributed by atoms with Crippen LogP contribution in [0.2, 0.25) is 0 Å². The van der Waals surface area contributed by atoms with E-state index in [1.54, 1.807) is 14.7 Å². The lowest BCUT2D eigenvalue weighted by Gasteiger charge is -2.10. The van der Waals surface area contributed by atoms with E-state index in [1.807, 2.05) is 24.3 Å². The first-order valence-corrected chi connectivity index (χ1v) is 11.1. The zero-order valence-electron chi connectivity index (χ0n) is 15.7. The summed E-state index contributed by atoms with van der Waals surface area (Å²) >= 11 is 2.76. The van der Waals surface area contributed by atoms with Gasteiger partial charge < -0.3 is 4.74 Å². The first-order chi connectivity index (χ1) is 14.6. The number of hydrogen-bond donors (Lipinski definition) is 0. The van der Waals surface area contributed by atoms with Crippen molar-refractivity contribution in [3.63, 3.8) is 0 Å². The van der Waals surface area contributed by atoms with Crippen LogP contribution in [-0.4, -0.2) is 32.8 Å². The van der Waals surface area contributed by atoms with Crippen LogP contribution in [-0.2, 0) is 27.4 Å². The summed E-state index contributed by atoms with van der Waals surface area (Å²) in [5.41, 5.74) is 1.58. The Morgan fingerprint density at radius 3 is 2.87 bits per heavy atom. The van der Waals surface area contributed by atoms with Crippen molar-refractivity contribution in [1.29, 1.82) is 0 Å². The highest BCUT2D eigenvalue weighted by atomic mass is 32.1. The highest BCUT2D eigenvalue weighted by molar-refractivity contribution is 7.23. The molecule has 4 aromatic rings. The molecule has 1 fully saturated rings. The molecule has 4 heterocycles. The van der Waals surface area contributed by atoms with E-state index >= 15 is 0 Å². The van der Waals surface area contributed by atoms with Gasteiger partial charge >= 0.3 is 5.97 Å². The molecule has 1 amide bonds. The maximum Gasteiger partial charge on any atom is 0.312 e. The Kier molecular flexibility index (Phi) is 4.80. The molecule has 1 saturated heterocycles. The number of benzene rings is 1. The van der Waals surface area contributed by atoms with E-state index in [1.165, 1.54) is 28.7 Å². The lowest BCUT2D eigenvalue weighted by molar-refractivity contribution is -0.144. The van der Waals surface area contributed by atoms with Crippen molar-refractivity contribution < 1.29 is 14.3 Å². The van der Waals surface area contributed by atoms with Crippen LogP contribution in [0.5, 0.6) is 0 Å².